The molecule has 0 aromatic heterocycles. The van der Waals surface area contributed by atoms with Gasteiger partial charge in [0.05, 0.1) is 13.2 Å². The standard InChI is InChI=1S/C19H25N3O3/c23-18(19(24)22-13-15-25-16-14-22)21-11-9-20(10-12-21)8-4-7-17-5-2-1-3-6-17/h1-7H,8-16H2/b7-4+. The van der Waals surface area contributed by atoms with Gasteiger partial charge in [0.2, 0.25) is 0 Å². The van der Waals surface area contributed by atoms with E-state index < -0.39 is 0 Å². The first-order valence-corrected chi connectivity index (χ1v) is 8.84. The third-order valence-electron chi connectivity index (χ3n) is 4.61. The number of ether oxygens (including phenoxy) is 1. The molecule has 2 amide bonds. The molecule has 25 heavy (non-hydrogen) atoms. The van der Waals surface area contributed by atoms with Crippen LogP contribution >= 0.6 is 0 Å². The van der Waals surface area contributed by atoms with Crippen molar-refractivity contribution in [1.29, 1.82) is 0 Å². The van der Waals surface area contributed by atoms with Crippen molar-refractivity contribution in [3.8, 4) is 0 Å². The highest BCUT2D eigenvalue weighted by atomic mass is 16.5. The zero-order valence-corrected chi connectivity index (χ0v) is 14.5. The van der Waals surface area contributed by atoms with Gasteiger partial charge in [-0.15, -0.1) is 0 Å². The lowest BCUT2D eigenvalue weighted by Crippen LogP contribution is -2.54. The smallest absolute Gasteiger partial charge is 0.312 e. The van der Waals surface area contributed by atoms with Gasteiger partial charge in [-0.05, 0) is 5.56 Å². The molecule has 0 unspecified atom stereocenters. The predicted molar refractivity (Wildman–Crippen MR) is 95.9 cm³/mol. The number of amides is 2. The van der Waals surface area contributed by atoms with Gasteiger partial charge in [0.25, 0.3) is 0 Å². The van der Waals surface area contributed by atoms with Crippen LogP contribution in [0.4, 0.5) is 0 Å². The normalized spacial score (nSPS) is 19.4. The molecule has 134 valence electrons. The van der Waals surface area contributed by atoms with Crippen LogP contribution in [0.25, 0.3) is 6.08 Å². The SMILES string of the molecule is O=C(C(=O)N1CCN(C/C=C/c2ccccc2)CC1)N1CCOCC1. The van der Waals surface area contributed by atoms with E-state index in [1.165, 1.54) is 5.56 Å². The number of nitrogens with zero attached hydrogens (tertiary/aromatic N) is 3. The van der Waals surface area contributed by atoms with E-state index in [1.807, 2.05) is 18.2 Å². The fourth-order valence-corrected chi connectivity index (χ4v) is 3.07. The van der Waals surface area contributed by atoms with Gasteiger partial charge in [-0.2, -0.15) is 0 Å². The minimum atomic E-state index is -0.388. The minimum absolute atomic E-state index is 0.374. The van der Waals surface area contributed by atoms with Gasteiger partial charge in [-0.1, -0.05) is 42.5 Å². The van der Waals surface area contributed by atoms with E-state index in [9.17, 15) is 9.59 Å². The lowest BCUT2D eigenvalue weighted by Gasteiger charge is -2.35. The molecule has 2 aliphatic heterocycles. The Morgan fingerprint density at radius 1 is 0.880 bits per heavy atom. The van der Waals surface area contributed by atoms with Crippen LogP contribution in [0.1, 0.15) is 5.56 Å². The van der Waals surface area contributed by atoms with E-state index in [0.717, 1.165) is 19.6 Å². The third-order valence-corrected chi connectivity index (χ3v) is 4.61. The Labute approximate surface area is 148 Å². The maximum atomic E-state index is 12.4. The van der Waals surface area contributed by atoms with Crippen LogP contribution in [0.3, 0.4) is 0 Å². The van der Waals surface area contributed by atoms with Crippen LogP contribution in [-0.4, -0.2) is 85.5 Å². The summed E-state index contributed by atoms with van der Waals surface area (Å²) in [6, 6.07) is 10.2. The summed E-state index contributed by atoms with van der Waals surface area (Å²) in [4.78, 5) is 30.2. The summed E-state index contributed by atoms with van der Waals surface area (Å²) >= 11 is 0. The van der Waals surface area contributed by atoms with Crippen molar-refractivity contribution in [2.24, 2.45) is 0 Å². The highest BCUT2D eigenvalue weighted by molar-refractivity contribution is 6.34. The highest BCUT2D eigenvalue weighted by Gasteiger charge is 2.30. The second kappa shape index (κ2) is 8.78. The molecule has 3 rings (SSSR count). The first kappa shape index (κ1) is 17.6. The lowest BCUT2D eigenvalue weighted by molar-refractivity contribution is -0.155. The van der Waals surface area contributed by atoms with Crippen LogP contribution < -0.4 is 0 Å². The summed E-state index contributed by atoms with van der Waals surface area (Å²) in [6.45, 7) is 5.70. The molecule has 1 aromatic carbocycles. The van der Waals surface area contributed by atoms with E-state index in [2.05, 4.69) is 29.2 Å². The molecule has 0 N–H and O–H groups in total. The number of carbonyl (C=O) groups excluding carboxylic acids is 2. The van der Waals surface area contributed by atoms with Gasteiger partial charge in [0.1, 0.15) is 0 Å². The van der Waals surface area contributed by atoms with Crippen molar-refractivity contribution in [2.75, 3.05) is 59.0 Å². The molecule has 2 fully saturated rings. The second-order valence-electron chi connectivity index (χ2n) is 6.31. The third kappa shape index (κ3) is 4.90. The maximum absolute atomic E-state index is 12.4. The second-order valence-corrected chi connectivity index (χ2v) is 6.31. The largest absolute Gasteiger partial charge is 0.378 e. The number of hydrogen-bond acceptors (Lipinski definition) is 4. The summed E-state index contributed by atoms with van der Waals surface area (Å²) in [7, 11) is 0. The maximum Gasteiger partial charge on any atom is 0.312 e. The van der Waals surface area contributed by atoms with Crippen molar-refractivity contribution in [1.82, 2.24) is 14.7 Å². The van der Waals surface area contributed by atoms with Crippen molar-refractivity contribution >= 4 is 17.9 Å². The Morgan fingerprint density at radius 3 is 2.12 bits per heavy atom. The lowest BCUT2D eigenvalue weighted by atomic mass is 10.2. The van der Waals surface area contributed by atoms with Crippen molar-refractivity contribution in [3.63, 3.8) is 0 Å². The number of morpholine rings is 1. The number of benzene rings is 1. The Bertz CT molecular complexity index is 604. The fraction of sp³-hybridized carbons (Fsp3) is 0.474. The van der Waals surface area contributed by atoms with Crippen molar-refractivity contribution < 1.29 is 14.3 Å². The summed E-state index contributed by atoms with van der Waals surface area (Å²) in [6.07, 6.45) is 4.26. The molecule has 0 saturated carbocycles. The van der Waals surface area contributed by atoms with Gasteiger partial charge >= 0.3 is 11.8 Å². The molecule has 2 saturated heterocycles. The first-order valence-electron chi connectivity index (χ1n) is 8.84. The molecule has 0 atom stereocenters. The fourth-order valence-electron chi connectivity index (χ4n) is 3.07. The molecule has 1 aromatic rings. The Balaban J connectivity index is 1.42. The van der Waals surface area contributed by atoms with Crippen molar-refractivity contribution in [2.45, 2.75) is 0 Å². The first-order chi connectivity index (χ1) is 12.2. The monoisotopic (exact) mass is 343 g/mol. The highest BCUT2D eigenvalue weighted by Crippen LogP contribution is 2.07. The molecule has 0 aliphatic carbocycles. The molecule has 0 radical (unpaired) electrons. The number of carbonyl (C=O) groups is 2. The minimum Gasteiger partial charge on any atom is -0.378 e. The van der Waals surface area contributed by atoms with Gasteiger partial charge in [-0.3, -0.25) is 14.5 Å². The molecule has 0 bridgehead atoms. The Kier molecular flexibility index (Phi) is 6.19. The zero-order valence-electron chi connectivity index (χ0n) is 14.5. The van der Waals surface area contributed by atoms with Gasteiger partial charge in [0.15, 0.2) is 0 Å². The van der Waals surface area contributed by atoms with Crippen LogP contribution in [0.5, 0.6) is 0 Å². The molecular formula is C19H25N3O3. The molecule has 6 heteroatoms. The van der Waals surface area contributed by atoms with Crippen LogP contribution in [-0.2, 0) is 14.3 Å². The van der Waals surface area contributed by atoms with E-state index in [0.29, 0.717) is 39.4 Å². The van der Waals surface area contributed by atoms with Crippen LogP contribution in [0.2, 0.25) is 0 Å². The summed E-state index contributed by atoms with van der Waals surface area (Å²) in [5.74, 6) is -0.762. The van der Waals surface area contributed by atoms with Gasteiger partial charge in [-0.25, -0.2) is 0 Å². The summed E-state index contributed by atoms with van der Waals surface area (Å²) in [5, 5.41) is 0. The molecule has 6 nitrogen and oxygen atoms in total. The predicted octanol–water partition coefficient (Wildman–Crippen LogP) is 0.703. The number of rotatable bonds is 3. The molecule has 2 heterocycles. The number of hydrogen-bond donors (Lipinski definition) is 0. The quantitative estimate of drug-likeness (QED) is 0.759. The average Bonchev–Trinajstić information content (AvgIpc) is 2.69. The van der Waals surface area contributed by atoms with Crippen molar-refractivity contribution in [3.05, 3.63) is 42.0 Å². The van der Waals surface area contributed by atoms with E-state index >= 15 is 0 Å². The van der Waals surface area contributed by atoms with E-state index in [4.69, 9.17) is 4.74 Å². The average molecular weight is 343 g/mol. The van der Waals surface area contributed by atoms with Gasteiger partial charge in [0, 0.05) is 45.8 Å². The van der Waals surface area contributed by atoms with Gasteiger partial charge < -0.3 is 14.5 Å². The molecular weight excluding hydrogens is 318 g/mol. The number of piperazine rings is 1. The van der Waals surface area contributed by atoms with E-state index in [1.54, 1.807) is 9.80 Å². The molecule has 0 spiro atoms. The Hall–Kier alpha value is -2.18. The zero-order chi connectivity index (χ0) is 17.5. The van der Waals surface area contributed by atoms with Crippen LogP contribution in [0.15, 0.2) is 36.4 Å². The van der Waals surface area contributed by atoms with E-state index in [-0.39, 0.29) is 11.8 Å². The topological polar surface area (TPSA) is 53.1 Å². The summed E-state index contributed by atoms with van der Waals surface area (Å²) < 4.78 is 5.23. The van der Waals surface area contributed by atoms with Crippen LogP contribution in [0, 0.1) is 0 Å². The molecule has 2 aliphatic rings. The Morgan fingerprint density at radius 2 is 1.48 bits per heavy atom. The summed E-state index contributed by atoms with van der Waals surface area (Å²) in [5.41, 5.74) is 1.19.